The molecule has 0 atom stereocenters. The minimum atomic E-state index is -1.05. The van der Waals surface area contributed by atoms with E-state index < -0.39 is 35.7 Å². The minimum Gasteiger partial charge on any atom is -0.462 e. The first kappa shape index (κ1) is 19.2. The Hall–Kier alpha value is -3.56. The van der Waals surface area contributed by atoms with E-state index in [-0.39, 0.29) is 40.7 Å². The average Bonchev–Trinajstić information content (AvgIpc) is 2.96. The van der Waals surface area contributed by atoms with Crippen LogP contribution in [0.2, 0.25) is 0 Å². The molecular weight excluding hydrogens is 376 g/mol. The van der Waals surface area contributed by atoms with Gasteiger partial charge in [-0.05, 0) is 26.0 Å². The highest BCUT2D eigenvalue weighted by molar-refractivity contribution is 6.07. The number of anilines is 1. The number of nitrogens with two attached hydrogens (primary N) is 1. The molecule has 0 aliphatic heterocycles. The van der Waals surface area contributed by atoms with Crippen LogP contribution in [0.25, 0.3) is 11.1 Å². The van der Waals surface area contributed by atoms with Crippen LogP contribution in [0.3, 0.4) is 0 Å². The highest BCUT2D eigenvalue weighted by atomic mass is 19.1. The Morgan fingerprint density at radius 2 is 1.93 bits per heavy atom. The molecule has 0 aliphatic rings. The molecule has 10 heteroatoms. The van der Waals surface area contributed by atoms with Gasteiger partial charge in [-0.2, -0.15) is 4.98 Å². The normalized spacial score (nSPS) is 10.9. The van der Waals surface area contributed by atoms with Crippen LogP contribution in [-0.4, -0.2) is 28.5 Å². The second-order valence-electron chi connectivity index (χ2n) is 5.66. The van der Waals surface area contributed by atoms with Gasteiger partial charge in [-0.15, -0.1) is 0 Å². The van der Waals surface area contributed by atoms with E-state index in [9.17, 15) is 18.4 Å². The van der Waals surface area contributed by atoms with Crippen molar-refractivity contribution >= 4 is 28.9 Å². The third kappa shape index (κ3) is 3.61. The molecule has 0 aliphatic carbocycles. The van der Waals surface area contributed by atoms with Crippen molar-refractivity contribution in [3.63, 3.8) is 0 Å². The molecule has 2 aromatic heterocycles. The number of rotatable bonds is 5. The number of hydrogen-bond donors (Lipinski definition) is 1. The molecule has 28 heavy (non-hydrogen) atoms. The van der Waals surface area contributed by atoms with Gasteiger partial charge in [-0.25, -0.2) is 23.4 Å². The molecule has 2 N–H and O–H groups in total. The first-order valence-electron chi connectivity index (χ1n) is 8.16. The van der Waals surface area contributed by atoms with Crippen molar-refractivity contribution in [2.45, 2.75) is 20.5 Å². The summed E-state index contributed by atoms with van der Waals surface area (Å²) in [6.07, 6.45) is 0. The lowest BCUT2D eigenvalue weighted by atomic mass is 10.2. The zero-order valence-electron chi connectivity index (χ0n) is 14.9. The second-order valence-corrected chi connectivity index (χ2v) is 5.66. The minimum absolute atomic E-state index is 0.0204. The van der Waals surface area contributed by atoms with Crippen LogP contribution in [0.1, 0.15) is 39.2 Å². The quantitative estimate of drug-likeness (QED) is 0.660. The predicted molar refractivity (Wildman–Crippen MR) is 92.4 cm³/mol. The summed E-state index contributed by atoms with van der Waals surface area (Å²) in [7, 11) is 0. The third-order valence-corrected chi connectivity index (χ3v) is 3.76. The van der Waals surface area contributed by atoms with Crippen LogP contribution in [0.15, 0.2) is 22.6 Å². The van der Waals surface area contributed by atoms with Gasteiger partial charge in [-0.1, -0.05) is 0 Å². The number of hydrogen-bond acceptors (Lipinski definition) is 8. The van der Waals surface area contributed by atoms with Crippen molar-refractivity contribution in [3.8, 4) is 0 Å². The highest BCUT2D eigenvalue weighted by Crippen LogP contribution is 2.29. The molecule has 0 saturated carbocycles. The van der Waals surface area contributed by atoms with Gasteiger partial charge >= 0.3 is 11.9 Å². The van der Waals surface area contributed by atoms with E-state index in [1.165, 1.54) is 0 Å². The first-order valence-corrected chi connectivity index (χ1v) is 8.16. The Labute approximate surface area is 157 Å². The van der Waals surface area contributed by atoms with Crippen molar-refractivity contribution in [1.29, 1.82) is 0 Å². The summed E-state index contributed by atoms with van der Waals surface area (Å²) in [6, 6.07) is 2.47. The number of aromatic nitrogens is 2. The van der Waals surface area contributed by atoms with Crippen LogP contribution in [0.4, 0.5) is 14.6 Å². The van der Waals surface area contributed by atoms with E-state index in [1.807, 2.05) is 0 Å². The molecule has 146 valence electrons. The molecule has 0 fully saturated rings. The number of furan rings is 1. The van der Waals surface area contributed by atoms with Crippen molar-refractivity contribution in [3.05, 3.63) is 52.5 Å². The molecule has 1 aromatic carbocycles. The van der Waals surface area contributed by atoms with Crippen LogP contribution >= 0.6 is 0 Å². The van der Waals surface area contributed by atoms with Gasteiger partial charge in [0.15, 0.2) is 12.4 Å². The first-order chi connectivity index (χ1) is 13.3. The van der Waals surface area contributed by atoms with E-state index in [4.69, 9.17) is 19.6 Å². The average molecular weight is 391 g/mol. The summed E-state index contributed by atoms with van der Waals surface area (Å²) in [5.41, 5.74) is 5.60. The summed E-state index contributed by atoms with van der Waals surface area (Å²) < 4.78 is 41.9. The maximum atomic E-state index is 13.6. The van der Waals surface area contributed by atoms with Gasteiger partial charge in [0, 0.05) is 6.07 Å². The Morgan fingerprint density at radius 1 is 1.18 bits per heavy atom. The Kier molecular flexibility index (Phi) is 5.21. The van der Waals surface area contributed by atoms with Crippen LogP contribution < -0.4 is 5.73 Å². The van der Waals surface area contributed by atoms with E-state index in [0.29, 0.717) is 6.07 Å². The van der Waals surface area contributed by atoms with Gasteiger partial charge in [0.05, 0.1) is 17.6 Å². The standard InChI is InChI=1S/C18H15F2N3O5/c1-3-26-18(25)13-8(2)28-16-14(13)15(21)22-12(23-16)7-27-17(24)10-5-4-9(19)6-11(10)20/h4-6H,3,7H2,1-2H3,(H2,21,22,23). The maximum Gasteiger partial charge on any atom is 0.342 e. The monoisotopic (exact) mass is 391 g/mol. The summed E-state index contributed by atoms with van der Waals surface area (Å²) in [5, 5.41) is 0.190. The van der Waals surface area contributed by atoms with E-state index in [0.717, 1.165) is 12.1 Å². The summed E-state index contributed by atoms with van der Waals surface area (Å²) in [4.78, 5) is 32.1. The fraction of sp³-hybridized carbons (Fsp3) is 0.222. The van der Waals surface area contributed by atoms with E-state index in [1.54, 1.807) is 13.8 Å². The smallest absolute Gasteiger partial charge is 0.342 e. The molecule has 3 rings (SSSR count). The molecule has 0 radical (unpaired) electrons. The van der Waals surface area contributed by atoms with Crippen molar-refractivity contribution in [2.24, 2.45) is 0 Å². The Bertz CT molecular complexity index is 1080. The summed E-state index contributed by atoms with van der Waals surface area (Å²) >= 11 is 0. The zero-order chi connectivity index (χ0) is 20.4. The van der Waals surface area contributed by atoms with E-state index >= 15 is 0 Å². The number of esters is 2. The topological polar surface area (TPSA) is 118 Å². The number of ether oxygens (including phenoxy) is 2. The molecule has 8 nitrogen and oxygen atoms in total. The lowest BCUT2D eigenvalue weighted by Crippen LogP contribution is -2.11. The molecule has 2 heterocycles. The lowest BCUT2D eigenvalue weighted by Gasteiger charge is -2.06. The van der Waals surface area contributed by atoms with Gasteiger partial charge < -0.3 is 19.6 Å². The fourth-order valence-electron chi connectivity index (χ4n) is 2.56. The molecule has 0 saturated heterocycles. The molecule has 0 unspecified atom stereocenters. The van der Waals surface area contributed by atoms with Gasteiger partial charge in [0.2, 0.25) is 5.71 Å². The van der Waals surface area contributed by atoms with Crippen LogP contribution in [0.5, 0.6) is 0 Å². The number of benzene rings is 1. The van der Waals surface area contributed by atoms with Crippen LogP contribution in [-0.2, 0) is 16.1 Å². The number of nitrogen functional groups attached to an aromatic ring is 1. The Balaban J connectivity index is 1.85. The second kappa shape index (κ2) is 7.59. The Morgan fingerprint density at radius 3 is 2.61 bits per heavy atom. The molecular formula is C18H15F2N3O5. The van der Waals surface area contributed by atoms with Crippen molar-refractivity contribution < 1.29 is 32.3 Å². The van der Waals surface area contributed by atoms with Crippen molar-refractivity contribution in [1.82, 2.24) is 9.97 Å². The molecule has 0 spiro atoms. The number of aryl methyl sites for hydroxylation is 1. The number of carbonyl (C=O) groups excluding carboxylic acids is 2. The number of fused-ring (bicyclic) bond motifs is 1. The van der Waals surface area contributed by atoms with Crippen molar-refractivity contribution in [2.75, 3.05) is 12.3 Å². The van der Waals surface area contributed by atoms with E-state index in [2.05, 4.69) is 9.97 Å². The fourth-order valence-corrected chi connectivity index (χ4v) is 2.56. The number of halogens is 2. The number of nitrogens with zero attached hydrogens (tertiary/aromatic N) is 2. The molecule has 3 aromatic rings. The van der Waals surface area contributed by atoms with Gasteiger partial charge in [-0.3, -0.25) is 0 Å². The predicted octanol–water partition coefficient (Wildman–Crippen LogP) is 2.93. The third-order valence-electron chi connectivity index (χ3n) is 3.76. The van der Waals surface area contributed by atoms with Gasteiger partial charge in [0.1, 0.15) is 28.8 Å². The summed E-state index contributed by atoms with van der Waals surface area (Å²) in [6.45, 7) is 2.93. The zero-order valence-corrected chi connectivity index (χ0v) is 14.9. The maximum absolute atomic E-state index is 13.6. The highest BCUT2D eigenvalue weighted by Gasteiger charge is 2.24. The van der Waals surface area contributed by atoms with Crippen LogP contribution in [0, 0.1) is 18.6 Å². The lowest BCUT2D eigenvalue weighted by molar-refractivity contribution is 0.0456. The molecule has 0 amide bonds. The van der Waals surface area contributed by atoms with Gasteiger partial charge in [0.25, 0.3) is 0 Å². The SMILES string of the molecule is CCOC(=O)c1c(C)oc2nc(COC(=O)c3ccc(F)cc3F)nc(N)c12. The summed E-state index contributed by atoms with van der Waals surface area (Å²) in [5.74, 6) is -3.36. The molecule has 0 bridgehead atoms. The largest absolute Gasteiger partial charge is 0.462 e. The number of carbonyl (C=O) groups is 2.